The third-order valence-corrected chi connectivity index (χ3v) is 3.56. The third kappa shape index (κ3) is 6.40. The molecule has 148 valence electrons. The molecule has 0 aliphatic heterocycles. The second kappa shape index (κ2) is 10.7. The van der Waals surface area contributed by atoms with E-state index >= 15 is 0 Å². The van der Waals surface area contributed by atoms with Crippen LogP contribution in [0, 0.1) is 0 Å². The van der Waals surface area contributed by atoms with Gasteiger partial charge in [0.2, 0.25) is 0 Å². The van der Waals surface area contributed by atoms with Crippen molar-refractivity contribution >= 4 is 17.9 Å². The molecule has 0 radical (unpaired) electrons. The van der Waals surface area contributed by atoms with Crippen LogP contribution in [0.3, 0.4) is 0 Å². The minimum atomic E-state index is -1.32. The number of aliphatic hydroxyl groups excluding tert-OH is 1. The molecular weight excluding hydrogens is 368 g/mol. The van der Waals surface area contributed by atoms with E-state index in [1.54, 1.807) is 24.3 Å². The smallest absolute Gasteiger partial charge is 0.338 e. The Bertz CT molecular complexity index is 796. The molecule has 8 heteroatoms. The van der Waals surface area contributed by atoms with E-state index in [9.17, 15) is 19.5 Å². The molecule has 0 aliphatic rings. The minimum absolute atomic E-state index is 0.0311. The van der Waals surface area contributed by atoms with Gasteiger partial charge in [-0.3, -0.25) is 0 Å². The lowest BCUT2D eigenvalue weighted by Gasteiger charge is -2.08. The van der Waals surface area contributed by atoms with Gasteiger partial charge in [0.1, 0.15) is 12.4 Å². The van der Waals surface area contributed by atoms with Crippen molar-refractivity contribution in [2.75, 3.05) is 26.4 Å². The monoisotopic (exact) mass is 387 g/mol. The van der Waals surface area contributed by atoms with Crippen LogP contribution in [0.25, 0.3) is 0 Å². The van der Waals surface area contributed by atoms with Gasteiger partial charge in [-0.25, -0.2) is 9.59 Å². The number of benzene rings is 2. The molecule has 0 aromatic heterocycles. The number of carboxylic acids is 1. The molecule has 2 aromatic rings. The van der Waals surface area contributed by atoms with Gasteiger partial charge in [0.15, 0.2) is 0 Å². The van der Waals surface area contributed by atoms with E-state index in [2.05, 4.69) is 0 Å². The Morgan fingerprint density at radius 1 is 0.750 bits per heavy atom. The predicted molar refractivity (Wildman–Crippen MR) is 95.0 cm³/mol. The quantitative estimate of drug-likeness (QED) is 0.470. The lowest BCUT2D eigenvalue weighted by atomic mass is 10.1. The number of carbonyl (C=O) groups excluding carboxylic acids is 3. The van der Waals surface area contributed by atoms with Gasteiger partial charge in [-0.15, -0.1) is 0 Å². The normalized spacial score (nSPS) is 10.2. The zero-order valence-corrected chi connectivity index (χ0v) is 15.0. The maximum absolute atomic E-state index is 11.9. The highest BCUT2D eigenvalue weighted by atomic mass is 16.5. The number of aliphatic hydroxyl groups is 1. The van der Waals surface area contributed by atoms with Crippen LogP contribution >= 0.6 is 0 Å². The molecule has 0 spiro atoms. The van der Waals surface area contributed by atoms with Crippen LogP contribution < -0.4 is 9.84 Å². The van der Waals surface area contributed by atoms with Crippen molar-refractivity contribution in [1.29, 1.82) is 0 Å². The van der Waals surface area contributed by atoms with Crippen LogP contribution in [0.5, 0.6) is 5.75 Å². The van der Waals surface area contributed by atoms with E-state index in [-0.39, 0.29) is 37.6 Å². The Hall–Kier alpha value is -3.39. The van der Waals surface area contributed by atoms with Gasteiger partial charge in [0.05, 0.1) is 36.9 Å². The minimum Gasteiger partial charge on any atom is -0.545 e. The summed E-state index contributed by atoms with van der Waals surface area (Å²) in [6.45, 7) is 0.184. The van der Waals surface area contributed by atoms with Gasteiger partial charge >= 0.3 is 11.9 Å². The van der Waals surface area contributed by atoms with Gasteiger partial charge in [-0.2, -0.15) is 0 Å². The van der Waals surface area contributed by atoms with Gasteiger partial charge in [0, 0.05) is 6.42 Å². The van der Waals surface area contributed by atoms with Gasteiger partial charge in [-0.1, -0.05) is 12.1 Å². The summed E-state index contributed by atoms with van der Waals surface area (Å²) in [7, 11) is 0. The lowest BCUT2D eigenvalue weighted by Crippen LogP contribution is -2.22. The van der Waals surface area contributed by atoms with Crippen molar-refractivity contribution in [1.82, 2.24) is 0 Å². The standard InChI is InChI=1S/C20H20O8/c21-10-13-26-17-8-6-16(7-9-17)20(25)28-12-1-11-27-19(24)15-4-2-14(3-5-15)18(22)23/h2-9,21H,1,10-13H2,(H,22,23)/p-1. The largest absolute Gasteiger partial charge is 0.545 e. The first-order valence-corrected chi connectivity index (χ1v) is 8.50. The summed E-state index contributed by atoms with van der Waals surface area (Å²) in [6, 6.07) is 11.5. The highest BCUT2D eigenvalue weighted by Gasteiger charge is 2.09. The fraction of sp³-hybridized carbons (Fsp3) is 0.250. The first-order chi connectivity index (χ1) is 13.5. The maximum Gasteiger partial charge on any atom is 0.338 e. The van der Waals surface area contributed by atoms with Crippen LogP contribution in [0.1, 0.15) is 37.5 Å². The van der Waals surface area contributed by atoms with Crippen molar-refractivity contribution in [3.8, 4) is 5.75 Å². The van der Waals surface area contributed by atoms with Gasteiger partial charge in [0.25, 0.3) is 0 Å². The van der Waals surface area contributed by atoms with Gasteiger partial charge in [-0.05, 0) is 42.0 Å². The molecule has 1 N–H and O–H groups in total. The number of hydrogen-bond acceptors (Lipinski definition) is 8. The molecule has 0 saturated carbocycles. The van der Waals surface area contributed by atoms with Crippen LogP contribution in [0.15, 0.2) is 48.5 Å². The SMILES string of the molecule is O=C([O-])c1ccc(C(=O)OCCCOC(=O)c2ccc(OCCO)cc2)cc1. The molecule has 2 aromatic carbocycles. The molecule has 0 bridgehead atoms. The average Bonchev–Trinajstić information content (AvgIpc) is 2.72. The van der Waals surface area contributed by atoms with Crippen LogP contribution in [0.2, 0.25) is 0 Å². The van der Waals surface area contributed by atoms with Crippen molar-refractivity contribution in [2.45, 2.75) is 6.42 Å². The Kier molecular flexibility index (Phi) is 7.98. The maximum atomic E-state index is 11.9. The summed E-state index contributed by atoms with van der Waals surface area (Å²) in [6.07, 6.45) is 0.312. The molecule has 0 fully saturated rings. The van der Waals surface area contributed by atoms with Crippen LogP contribution in [0.4, 0.5) is 0 Å². The third-order valence-electron chi connectivity index (χ3n) is 3.56. The Labute approximate surface area is 161 Å². The molecule has 28 heavy (non-hydrogen) atoms. The molecule has 0 heterocycles. The number of aromatic carboxylic acids is 1. The van der Waals surface area contributed by atoms with Crippen molar-refractivity contribution in [3.63, 3.8) is 0 Å². The highest BCUT2D eigenvalue weighted by molar-refractivity contribution is 5.92. The van der Waals surface area contributed by atoms with Crippen LogP contribution in [-0.4, -0.2) is 49.4 Å². The molecule has 0 amide bonds. The summed E-state index contributed by atoms with van der Waals surface area (Å²) in [5.41, 5.74) is 0.531. The Morgan fingerprint density at radius 2 is 1.21 bits per heavy atom. The summed E-state index contributed by atoms with van der Waals surface area (Å²) in [4.78, 5) is 34.4. The van der Waals surface area contributed by atoms with E-state index in [4.69, 9.17) is 19.3 Å². The number of hydrogen-bond donors (Lipinski definition) is 1. The van der Waals surface area contributed by atoms with Crippen LogP contribution in [-0.2, 0) is 9.47 Å². The van der Waals surface area contributed by atoms with E-state index in [0.717, 1.165) is 0 Å². The zero-order valence-electron chi connectivity index (χ0n) is 15.0. The first-order valence-electron chi connectivity index (χ1n) is 8.50. The Morgan fingerprint density at radius 3 is 1.68 bits per heavy atom. The van der Waals surface area contributed by atoms with E-state index < -0.39 is 17.9 Å². The van der Waals surface area contributed by atoms with Crippen molar-refractivity contribution in [2.24, 2.45) is 0 Å². The van der Waals surface area contributed by atoms with Crippen molar-refractivity contribution in [3.05, 3.63) is 65.2 Å². The number of esters is 2. The molecular formula is C20H19O8-. The molecule has 0 atom stereocenters. The molecule has 0 unspecified atom stereocenters. The second-order valence-electron chi connectivity index (χ2n) is 5.59. The summed E-state index contributed by atoms with van der Waals surface area (Å²) in [5, 5.41) is 19.3. The molecule has 0 aliphatic carbocycles. The second-order valence-corrected chi connectivity index (χ2v) is 5.59. The predicted octanol–water partition coefficient (Wildman–Crippen LogP) is 0.825. The zero-order chi connectivity index (χ0) is 20.4. The molecule has 2 rings (SSSR count). The van der Waals surface area contributed by atoms with E-state index in [1.165, 1.54) is 24.3 Å². The summed E-state index contributed by atoms with van der Waals surface area (Å²) < 4.78 is 15.3. The molecule has 8 nitrogen and oxygen atoms in total. The number of carboxylic acid groups (broad SMARTS) is 1. The number of carbonyl (C=O) groups is 3. The average molecular weight is 387 g/mol. The first kappa shape index (κ1) is 20.9. The van der Waals surface area contributed by atoms with Gasteiger partial charge < -0.3 is 29.2 Å². The molecule has 0 saturated heterocycles. The fourth-order valence-corrected chi connectivity index (χ4v) is 2.15. The topological polar surface area (TPSA) is 122 Å². The fourth-order valence-electron chi connectivity index (χ4n) is 2.15. The highest BCUT2D eigenvalue weighted by Crippen LogP contribution is 2.13. The number of ether oxygens (including phenoxy) is 3. The summed E-state index contributed by atoms with van der Waals surface area (Å²) in [5.74, 6) is -1.91. The van der Waals surface area contributed by atoms with Crippen molar-refractivity contribution < 1.29 is 38.8 Å². The Balaban J connectivity index is 1.68. The lowest BCUT2D eigenvalue weighted by molar-refractivity contribution is -0.255. The van der Waals surface area contributed by atoms with E-state index in [0.29, 0.717) is 17.7 Å². The van der Waals surface area contributed by atoms with E-state index in [1.807, 2.05) is 0 Å². The summed E-state index contributed by atoms with van der Waals surface area (Å²) >= 11 is 0. The number of rotatable bonds is 10.